The highest BCUT2D eigenvalue weighted by Gasteiger charge is 2.07. The Hall–Kier alpha value is -3.56. The van der Waals surface area contributed by atoms with Crippen LogP contribution in [0.2, 0.25) is 0 Å². The largest absolute Gasteiger partial charge is 0.378 e. The molecule has 0 unspecified atom stereocenters. The van der Waals surface area contributed by atoms with Crippen LogP contribution in [-0.4, -0.2) is 89.8 Å². The topological polar surface area (TPSA) is 20.7 Å². The first kappa shape index (κ1) is 37.3. The first-order valence-electron chi connectivity index (χ1n) is 16.8. The highest BCUT2D eigenvalue weighted by Crippen LogP contribution is 2.20. The molecule has 4 aromatic rings. The molecule has 0 amide bonds. The fraction of sp³-hybridized carbons (Fsp3) is 0.350. The molecule has 4 rings (SSSR count). The highest BCUT2D eigenvalue weighted by atomic mass is 33.1. The van der Waals surface area contributed by atoms with Crippen molar-refractivity contribution in [2.45, 2.75) is 13.1 Å². The number of hydrogen-bond donors (Lipinski definition) is 0. The third-order valence-corrected chi connectivity index (χ3v) is 10.6. The van der Waals surface area contributed by atoms with Gasteiger partial charge in [0.2, 0.25) is 0 Å². The number of hydrogen-bond acceptors (Lipinski definition) is 6. The molecular formula is C40H54N6S2+2. The molecule has 0 N–H and O–H groups in total. The summed E-state index contributed by atoms with van der Waals surface area (Å²) in [6.07, 6.45) is 17.4. The lowest BCUT2D eigenvalue weighted by molar-refractivity contribution is -0.696. The zero-order chi connectivity index (χ0) is 34.1. The Labute approximate surface area is 297 Å². The van der Waals surface area contributed by atoms with E-state index in [4.69, 9.17) is 0 Å². The number of rotatable bonds is 19. The lowest BCUT2D eigenvalue weighted by atomic mass is 10.1. The van der Waals surface area contributed by atoms with E-state index in [0.717, 1.165) is 50.8 Å². The normalized spacial score (nSPS) is 11.8. The molecular weight excluding hydrogens is 629 g/mol. The fourth-order valence-corrected chi connectivity index (χ4v) is 7.07. The minimum atomic E-state index is 0.998. The molecule has 0 radical (unpaired) electrons. The number of aromatic nitrogens is 2. The summed E-state index contributed by atoms with van der Waals surface area (Å²) < 4.78 is 4.54. The molecule has 254 valence electrons. The molecule has 0 bridgehead atoms. The van der Waals surface area contributed by atoms with Gasteiger partial charge in [-0.25, -0.2) is 9.13 Å². The predicted molar refractivity (Wildman–Crippen MR) is 213 cm³/mol. The molecule has 6 nitrogen and oxygen atoms in total. The molecule has 8 heteroatoms. The lowest BCUT2D eigenvalue weighted by Crippen LogP contribution is -2.39. The smallest absolute Gasteiger partial charge is 0.169 e. The maximum absolute atomic E-state index is 2.43. The second-order valence-electron chi connectivity index (χ2n) is 12.6. The van der Waals surface area contributed by atoms with Crippen molar-refractivity contribution in [3.05, 3.63) is 120 Å². The van der Waals surface area contributed by atoms with Crippen LogP contribution >= 0.6 is 21.6 Å². The highest BCUT2D eigenvalue weighted by molar-refractivity contribution is 8.76. The monoisotopic (exact) mass is 682 g/mol. The van der Waals surface area contributed by atoms with Crippen molar-refractivity contribution in [3.8, 4) is 0 Å². The van der Waals surface area contributed by atoms with Crippen molar-refractivity contribution in [1.29, 1.82) is 0 Å². The maximum Gasteiger partial charge on any atom is 0.169 e. The van der Waals surface area contributed by atoms with Crippen LogP contribution in [0.3, 0.4) is 0 Å². The van der Waals surface area contributed by atoms with Gasteiger partial charge in [-0.15, -0.1) is 0 Å². The number of anilines is 2. The summed E-state index contributed by atoms with van der Waals surface area (Å²) in [6, 6.07) is 26.0. The van der Waals surface area contributed by atoms with Crippen molar-refractivity contribution < 1.29 is 9.13 Å². The zero-order valence-corrected chi connectivity index (χ0v) is 31.3. The lowest BCUT2D eigenvalue weighted by Gasteiger charge is -2.15. The minimum absolute atomic E-state index is 0.998. The second kappa shape index (κ2) is 20.1. The Bertz CT molecular complexity index is 1410. The van der Waals surface area contributed by atoms with Gasteiger partial charge in [0.15, 0.2) is 37.9 Å². The van der Waals surface area contributed by atoms with Gasteiger partial charge in [0.05, 0.1) is 13.1 Å². The van der Waals surface area contributed by atoms with E-state index < -0.39 is 0 Å². The average Bonchev–Trinajstić information content (AvgIpc) is 3.10. The van der Waals surface area contributed by atoms with Crippen molar-refractivity contribution in [1.82, 2.24) is 9.80 Å². The number of nitrogens with zero attached hydrogens (tertiary/aromatic N) is 6. The molecule has 0 aliphatic carbocycles. The van der Waals surface area contributed by atoms with Crippen LogP contribution in [0, 0.1) is 0 Å². The van der Waals surface area contributed by atoms with Crippen LogP contribution < -0.4 is 18.9 Å². The summed E-state index contributed by atoms with van der Waals surface area (Å²) in [5, 5.41) is 0. The second-order valence-corrected chi connectivity index (χ2v) is 15.3. The third kappa shape index (κ3) is 13.5. The fourth-order valence-electron chi connectivity index (χ4n) is 4.91. The standard InChI is InChI=1S/C40H54N6S2/c1-41(2)39-15-11-35(12-16-39)7-9-37-19-23-45(24-20-37)29-27-43(5)31-33-47-48-34-32-44(6)28-30-46-25-21-38(22-26-46)10-8-36-13-17-40(18-14-36)42(3)4/h7-26H,27-34H2,1-6H3/q+2. The van der Waals surface area contributed by atoms with Gasteiger partial charge in [-0.1, -0.05) is 70.2 Å². The molecule has 0 spiro atoms. The molecule has 2 aromatic carbocycles. The Morgan fingerprint density at radius 3 is 1.06 bits per heavy atom. The van der Waals surface area contributed by atoms with Gasteiger partial charge in [-0.2, -0.15) is 0 Å². The Kier molecular flexibility index (Phi) is 15.6. The molecule has 2 heterocycles. The molecule has 0 fully saturated rings. The predicted octanol–water partition coefficient (Wildman–Crippen LogP) is 6.68. The van der Waals surface area contributed by atoms with Gasteiger partial charge in [-0.3, -0.25) is 9.80 Å². The SMILES string of the molecule is CN(CCSSCCN(C)CC[n+]1ccc(/C=C/c2ccc(N(C)C)cc2)cc1)CC[n+]1ccc(/C=C/c2ccc(N(C)C)cc2)cc1. The Morgan fingerprint density at radius 2 is 0.750 bits per heavy atom. The molecule has 0 aliphatic rings. The van der Waals surface area contributed by atoms with E-state index in [1.165, 1.54) is 33.6 Å². The summed E-state index contributed by atoms with van der Waals surface area (Å²) in [7, 11) is 16.7. The maximum atomic E-state index is 2.43. The first-order valence-corrected chi connectivity index (χ1v) is 19.2. The summed E-state index contributed by atoms with van der Waals surface area (Å²) in [5.41, 5.74) is 7.30. The molecule has 0 aliphatic heterocycles. The zero-order valence-electron chi connectivity index (χ0n) is 29.7. The van der Waals surface area contributed by atoms with Crippen LogP contribution in [0.1, 0.15) is 22.3 Å². The van der Waals surface area contributed by atoms with E-state index in [1.807, 2.05) is 21.6 Å². The number of pyridine rings is 2. The summed E-state index contributed by atoms with van der Waals surface area (Å²) in [5.74, 6) is 2.29. The van der Waals surface area contributed by atoms with Crippen molar-refractivity contribution in [2.75, 3.05) is 89.8 Å². The van der Waals surface area contributed by atoms with E-state index in [0.29, 0.717) is 0 Å². The van der Waals surface area contributed by atoms with E-state index in [2.05, 4.69) is 193 Å². The summed E-state index contributed by atoms with van der Waals surface area (Å²) >= 11 is 0. The van der Waals surface area contributed by atoms with E-state index >= 15 is 0 Å². The van der Waals surface area contributed by atoms with Crippen LogP contribution in [-0.2, 0) is 13.1 Å². The summed E-state index contributed by atoms with van der Waals surface area (Å²) in [4.78, 5) is 9.10. The van der Waals surface area contributed by atoms with Gasteiger partial charge in [0.1, 0.15) is 0 Å². The summed E-state index contributed by atoms with van der Waals surface area (Å²) in [6.45, 7) is 6.30. The van der Waals surface area contributed by atoms with Crippen LogP contribution in [0.15, 0.2) is 97.6 Å². The van der Waals surface area contributed by atoms with Crippen molar-refractivity contribution in [2.24, 2.45) is 0 Å². The van der Waals surface area contributed by atoms with Gasteiger partial charge in [0.25, 0.3) is 0 Å². The van der Waals surface area contributed by atoms with E-state index in [1.54, 1.807) is 0 Å². The molecule has 0 saturated carbocycles. The van der Waals surface area contributed by atoms with Gasteiger partial charge in [-0.05, 0) is 60.6 Å². The van der Waals surface area contributed by atoms with Crippen molar-refractivity contribution >= 4 is 57.3 Å². The third-order valence-electron chi connectivity index (χ3n) is 8.27. The number of likely N-dealkylation sites (N-methyl/N-ethyl adjacent to an activating group) is 2. The van der Waals surface area contributed by atoms with Gasteiger partial charge < -0.3 is 9.80 Å². The molecule has 0 saturated heterocycles. The van der Waals surface area contributed by atoms with Gasteiger partial charge in [0, 0.05) is 88.4 Å². The Balaban J connectivity index is 1.03. The van der Waals surface area contributed by atoms with Crippen molar-refractivity contribution in [3.63, 3.8) is 0 Å². The minimum Gasteiger partial charge on any atom is -0.378 e. The quantitative estimate of drug-likeness (QED) is 0.0621. The first-order chi connectivity index (χ1) is 23.2. The molecule has 2 aromatic heterocycles. The molecule has 0 atom stereocenters. The average molecular weight is 683 g/mol. The Morgan fingerprint density at radius 1 is 0.438 bits per heavy atom. The van der Waals surface area contributed by atoms with E-state index in [9.17, 15) is 0 Å². The van der Waals surface area contributed by atoms with Gasteiger partial charge >= 0.3 is 0 Å². The van der Waals surface area contributed by atoms with Crippen LogP contribution in [0.5, 0.6) is 0 Å². The molecule has 48 heavy (non-hydrogen) atoms. The van der Waals surface area contributed by atoms with Crippen LogP contribution in [0.4, 0.5) is 11.4 Å². The van der Waals surface area contributed by atoms with Crippen LogP contribution in [0.25, 0.3) is 24.3 Å². The number of benzene rings is 2. The van der Waals surface area contributed by atoms with E-state index in [-0.39, 0.29) is 0 Å².